The standard InChI is InChI=1S/C39H65N5O8/c1-12-25(6)34(43(9)38(48)33(24(4)5)42-37(47)32(40-8)23(2)3)30(51-10)22-31(45)44-20-16-19-29(44)35(52-11)26(7)36(46)41-28(39(49)50)21-27-17-14-13-15-18-27/h13-15,17-18,23-26,28-30,32-35,40H,12,16,19-22H2,1-11H3,(H,41,46)(H,42,47)(H,49,50)/t25-,26+,28?,29-,30?,32?,33?,34-,35?/m0/s1. The largest absolute Gasteiger partial charge is 0.480 e. The number of ether oxygens (including phenoxy) is 2. The van der Waals surface area contributed by atoms with Gasteiger partial charge in [-0.25, -0.2) is 4.79 Å². The lowest BCUT2D eigenvalue weighted by Gasteiger charge is -2.41. The lowest BCUT2D eigenvalue weighted by Crippen LogP contribution is -2.59. The van der Waals surface area contributed by atoms with E-state index in [1.807, 2.05) is 71.9 Å². The normalized spacial score (nSPS) is 19.2. The van der Waals surface area contributed by atoms with E-state index in [9.17, 15) is 29.1 Å². The predicted octanol–water partition coefficient (Wildman–Crippen LogP) is 3.10. The highest BCUT2D eigenvalue weighted by atomic mass is 16.5. The second-order valence-corrected chi connectivity index (χ2v) is 14.9. The van der Waals surface area contributed by atoms with Crippen LogP contribution in [0.5, 0.6) is 0 Å². The number of rotatable bonds is 21. The van der Waals surface area contributed by atoms with E-state index in [2.05, 4.69) is 16.0 Å². The van der Waals surface area contributed by atoms with Crippen molar-refractivity contribution in [3.8, 4) is 0 Å². The molecule has 9 atom stereocenters. The molecule has 294 valence electrons. The summed E-state index contributed by atoms with van der Waals surface area (Å²) in [7, 11) is 6.46. The summed E-state index contributed by atoms with van der Waals surface area (Å²) in [4.78, 5) is 70.3. The molecule has 2 rings (SSSR count). The predicted molar refractivity (Wildman–Crippen MR) is 200 cm³/mol. The van der Waals surface area contributed by atoms with E-state index >= 15 is 0 Å². The molecular formula is C39H65N5O8. The fourth-order valence-corrected chi connectivity index (χ4v) is 7.40. The van der Waals surface area contributed by atoms with Crippen molar-refractivity contribution in [1.82, 2.24) is 25.8 Å². The first-order valence-electron chi connectivity index (χ1n) is 18.7. The van der Waals surface area contributed by atoms with Gasteiger partial charge in [-0.3, -0.25) is 19.2 Å². The Morgan fingerprint density at radius 1 is 0.923 bits per heavy atom. The van der Waals surface area contributed by atoms with Gasteiger partial charge in [-0.15, -0.1) is 0 Å². The molecule has 13 heteroatoms. The molecule has 5 unspecified atom stereocenters. The maximum atomic E-state index is 14.1. The molecule has 1 aromatic rings. The lowest BCUT2D eigenvalue weighted by atomic mass is 9.89. The van der Waals surface area contributed by atoms with Crippen molar-refractivity contribution in [3.63, 3.8) is 0 Å². The van der Waals surface area contributed by atoms with Crippen LogP contribution in [0, 0.1) is 23.7 Å². The van der Waals surface area contributed by atoms with Gasteiger partial charge in [-0.2, -0.15) is 0 Å². The van der Waals surface area contributed by atoms with Crippen molar-refractivity contribution in [2.24, 2.45) is 23.7 Å². The van der Waals surface area contributed by atoms with Gasteiger partial charge in [-0.05, 0) is 43.2 Å². The summed E-state index contributed by atoms with van der Waals surface area (Å²) >= 11 is 0. The fourth-order valence-electron chi connectivity index (χ4n) is 7.40. The van der Waals surface area contributed by atoms with Gasteiger partial charge >= 0.3 is 5.97 Å². The number of likely N-dealkylation sites (N-methyl/N-ethyl adjacent to an activating group) is 2. The average molecular weight is 732 g/mol. The lowest BCUT2D eigenvalue weighted by molar-refractivity contribution is -0.148. The van der Waals surface area contributed by atoms with Crippen LogP contribution < -0.4 is 16.0 Å². The minimum atomic E-state index is -1.14. The minimum Gasteiger partial charge on any atom is -0.480 e. The molecule has 1 aromatic carbocycles. The molecule has 13 nitrogen and oxygen atoms in total. The zero-order valence-electron chi connectivity index (χ0n) is 33.2. The van der Waals surface area contributed by atoms with Gasteiger partial charge in [0.25, 0.3) is 0 Å². The summed E-state index contributed by atoms with van der Waals surface area (Å²) in [6.07, 6.45) is 0.818. The first kappa shape index (κ1) is 44.6. The Morgan fingerprint density at radius 3 is 2.04 bits per heavy atom. The number of carboxylic acid groups (broad SMARTS) is 1. The number of amides is 4. The highest BCUT2D eigenvalue weighted by Crippen LogP contribution is 2.29. The highest BCUT2D eigenvalue weighted by Gasteiger charge is 2.43. The van der Waals surface area contributed by atoms with Gasteiger partial charge in [0, 0.05) is 34.2 Å². The smallest absolute Gasteiger partial charge is 0.326 e. The molecule has 0 saturated carbocycles. The molecule has 1 aliphatic heterocycles. The molecular weight excluding hydrogens is 666 g/mol. The Hall–Kier alpha value is -3.55. The molecule has 1 fully saturated rings. The zero-order chi connectivity index (χ0) is 39.3. The summed E-state index contributed by atoms with van der Waals surface area (Å²) in [6.45, 7) is 13.9. The topological polar surface area (TPSA) is 167 Å². The van der Waals surface area contributed by atoms with Gasteiger partial charge in [0.15, 0.2) is 0 Å². The van der Waals surface area contributed by atoms with Crippen LogP contribution in [-0.4, -0.2) is 122 Å². The third kappa shape index (κ3) is 11.7. The summed E-state index contributed by atoms with van der Waals surface area (Å²) in [5.41, 5.74) is 0.785. The van der Waals surface area contributed by atoms with Crippen LogP contribution in [-0.2, 0) is 39.9 Å². The van der Waals surface area contributed by atoms with Crippen LogP contribution in [0.4, 0.5) is 0 Å². The number of benzene rings is 1. The second kappa shape index (κ2) is 21.2. The Bertz CT molecular complexity index is 1310. The van der Waals surface area contributed by atoms with Crippen LogP contribution in [0.15, 0.2) is 30.3 Å². The molecule has 4 N–H and O–H groups in total. The Balaban J connectivity index is 2.26. The highest BCUT2D eigenvalue weighted by molar-refractivity contribution is 5.90. The summed E-state index contributed by atoms with van der Waals surface area (Å²) < 4.78 is 11.8. The van der Waals surface area contributed by atoms with Gasteiger partial charge in [0.1, 0.15) is 12.1 Å². The molecule has 0 spiro atoms. The van der Waals surface area contributed by atoms with Gasteiger partial charge < -0.3 is 40.3 Å². The monoisotopic (exact) mass is 731 g/mol. The number of carbonyl (C=O) groups excluding carboxylic acids is 4. The van der Waals surface area contributed by atoms with Crippen LogP contribution in [0.3, 0.4) is 0 Å². The Kier molecular flexibility index (Phi) is 18.2. The molecule has 0 radical (unpaired) electrons. The summed E-state index contributed by atoms with van der Waals surface area (Å²) in [5.74, 6) is -3.27. The number of hydrogen-bond acceptors (Lipinski definition) is 8. The number of nitrogens with one attached hydrogen (secondary N) is 3. The molecule has 0 bridgehead atoms. The molecule has 1 aliphatic rings. The van der Waals surface area contributed by atoms with Gasteiger partial charge in [0.05, 0.1) is 42.7 Å². The number of aliphatic carboxylic acids is 1. The maximum absolute atomic E-state index is 14.1. The zero-order valence-corrected chi connectivity index (χ0v) is 33.2. The van der Waals surface area contributed by atoms with Crippen molar-refractivity contribution in [2.75, 3.05) is 34.9 Å². The van der Waals surface area contributed by atoms with Crippen LogP contribution in [0.1, 0.15) is 79.7 Å². The molecule has 1 heterocycles. The SMILES string of the molecule is CC[C@H](C)[C@@H](C(CC(=O)N1CCC[C@H]1C(OC)[C@@H](C)C(=O)NC(Cc1ccccc1)C(=O)O)OC)N(C)C(=O)C(NC(=O)C(NC)C(C)C)C(C)C. The number of nitrogens with zero attached hydrogens (tertiary/aromatic N) is 2. The van der Waals surface area contributed by atoms with E-state index in [-0.39, 0.29) is 48.3 Å². The van der Waals surface area contributed by atoms with E-state index in [4.69, 9.17) is 9.47 Å². The Morgan fingerprint density at radius 2 is 1.54 bits per heavy atom. The second-order valence-electron chi connectivity index (χ2n) is 14.9. The van der Waals surface area contributed by atoms with E-state index in [0.717, 1.165) is 12.0 Å². The molecule has 0 aliphatic carbocycles. The van der Waals surface area contributed by atoms with Gasteiger partial charge in [0.2, 0.25) is 23.6 Å². The van der Waals surface area contributed by atoms with E-state index in [1.165, 1.54) is 14.2 Å². The Labute approximate surface area is 310 Å². The van der Waals surface area contributed by atoms with Crippen molar-refractivity contribution < 1.29 is 38.6 Å². The third-order valence-corrected chi connectivity index (χ3v) is 10.6. The van der Waals surface area contributed by atoms with Crippen molar-refractivity contribution in [1.29, 1.82) is 0 Å². The van der Waals surface area contributed by atoms with Gasteiger partial charge in [-0.1, -0.05) is 85.2 Å². The number of carboxylic acids is 1. The number of likely N-dealkylation sites (tertiary alicyclic amines) is 1. The number of hydrogen-bond donors (Lipinski definition) is 4. The average Bonchev–Trinajstić information content (AvgIpc) is 3.59. The maximum Gasteiger partial charge on any atom is 0.326 e. The van der Waals surface area contributed by atoms with E-state index in [1.54, 1.807) is 30.8 Å². The molecule has 0 aromatic heterocycles. The van der Waals surface area contributed by atoms with E-state index in [0.29, 0.717) is 19.4 Å². The van der Waals surface area contributed by atoms with Crippen LogP contribution in [0.2, 0.25) is 0 Å². The molecule has 4 amide bonds. The number of methoxy groups -OCH3 is 2. The number of carbonyl (C=O) groups is 5. The molecule has 52 heavy (non-hydrogen) atoms. The first-order valence-corrected chi connectivity index (χ1v) is 18.7. The van der Waals surface area contributed by atoms with Crippen LogP contribution >= 0.6 is 0 Å². The first-order chi connectivity index (χ1) is 24.5. The minimum absolute atomic E-state index is 0.0112. The quantitative estimate of drug-likeness (QED) is 0.149. The fraction of sp³-hybridized carbons (Fsp3) is 0.718. The third-order valence-electron chi connectivity index (χ3n) is 10.6. The van der Waals surface area contributed by atoms with Crippen molar-refractivity contribution in [3.05, 3.63) is 35.9 Å². The van der Waals surface area contributed by atoms with Crippen molar-refractivity contribution >= 4 is 29.6 Å². The van der Waals surface area contributed by atoms with E-state index < -0.39 is 60.2 Å². The van der Waals surface area contributed by atoms with Crippen LogP contribution in [0.25, 0.3) is 0 Å². The molecule has 1 saturated heterocycles. The summed E-state index contributed by atoms with van der Waals surface area (Å²) in [5, 5.41) is 18.5. The van der Waals surface area contributed by atoms with Crippen molar-refractivity contribution in [2.45, 2.75) is 123 Å². The summed E-state index contributed by atoms with van der Waals surface area (Å²) in [6, 6.07) is 5.84.